The fraction of sp³-hybridized carbons (Fsp3) is 0.333. The van der Waals surface area contributed by atoms with Gasteiger partial charge in [0.25, 0.3) is 5.91 Å². The van der Waals surface area contributed by atoms with Gasteiger partial charge < -0.3 is 10.1 Å². The van der Waals surface area contributed by atoms with Crippen molar-refractivity contribution in [3.05, 3.63) is 47.7 Å². The Labute approximate surface area is 153 Å². The van der Waals surface area contributed by atoms with E-state index in [0.29, 0.717) is 5.82 Å². The number of ether oxygens (including phenoxy) is 1. The molecule has 1 aromatic carbocycles. The Morgan fingerprint density at radius 3 is 2.42 bits per heavy atom. The average Bonchev–Trinajstić information content (AvgIpc) is 2.52. The second kappa shape index (κ2) is 7.43. The van der Waals surface area contributed by atoms with Crippen LogP contribution in [-0.4, -0.2) is 32.0 Å². The largest absolute Gasteiger partial charge is 0.495 e. The third-order valence-electron chi connectivity index (χ3n) is 3.31. The van der Waals surface area contributed by atoms with Crippen LogP contribution >= 0.6 is 0 Å². The van der Waals surface area contributed by atoms with Crippen molar-refractivity contribution >= 4 is 21.7 Å². The first kappa shape index (κ1) is 19.9. The Hall–Kier alpha value is -2.45. The Morgan fingerprint density at radius 1 is 1.15 bits per heavy atom. The highest BCUT2D eigenvalue weighted by atomic mass is 32.2. The van der Waals surface area contributed by atoms with Crippen LogP contribution in [0, 0.1) is 6.92 Å². The molecule has 0 spiro atoms. The molecular weight excluding hydrogens is 354 g/mol. The molecule has 0 fully saturated rings. The third kappa shape index (κ3) is 5.03. The van der Waals surface area contributed by atoms with Gasteiger partial charge in [-0.25, -0.2) is 18.1 Å². The Bertz CT molecular complexity index is 918. The maximum atomic E-state index is 12.7. The molecule has 1 heterocycles. The molecule has 0 aliphatic heterocycles. The van der Waals surface area contributed by atoms with Crippen LogP contribution in [0.5, 0.6) is 5.75 Å². The summed E-state index contributed by atoms with van der Waals surface area (Å²) in [5.41, 5.74) is 0.458. The summed E-state index contributed by atoms with van der Waals surface area (Å²) in [4.78, 5) is 16.5. The van der Waals surface area contributed by atoms with Crippen LogP contribution in [-0.2, 0) is 10.0 Å². The predicted molar refractivity (Wildman–Crippen MR) is 100.0 cm³/mol. The molecule has 0 aliphatic carbocycles. The number of aryl methyl sites for hydroxylation is 1. The van der Waals surface area contributed by atoms with E-state index >= 15 is 0 Å². The van der Waals surface area contributed by atoms with Crippen molar-refractivity contribution in [2.45, 2.75) is 38.1 Å². The number of amides is 1. The first-order valence-corrected chi connectivity index (χ1v) is 9.46. The molecule has 0 saturated carbocycles. The van der Waals surface area contributed by atoms with E-state index in [9.17, 15) is 13.2 Å². The van der Waals surface area contributed by atoms with Gasteiger partial charge in [-0.1, -0.05) is 0 Å². The van der Waals surface area contributed by atoms with Crippen molar-refractivity contribution in [2.75, 3.05) is 12.4 Å². The highest BCUT2D eigenvalue weighted by Crippen LogP contribution is 2.26. The molecule has 7 nitrogen and oxygen atoms in total. The molecule has 8 heteroatoms. The number of pyridine rings is 1. The molecular formula is C18H23N3O4S. The summed E-state index contributed by atoms with van der Waals surface area (Å²) >= 11 is 0. The quantitative estimate of drug-likeness (QED) is 0.835. The van der Waals surface area contributed by atoms with Crippen molar-refractivity contribution in [2.24, 2.45) is 0 Å². The molecule has 1 amide bonds. The van der Waals surface area contributed by atoms with E-state index in [0.717, 1.165) is 5.56 Å². The molecule has 1 aromatic heterocycles. The fourth-order valence-corrected chi connectivity index (χ4v) is 3.89. The number of hydrogen-bond acceptors (Lipinski definition) is 5. The van der Waals surface area contributed by atoms with Crippen molar-refractivity contribution in [1.29, 1.82) is 0 Å². The number of sulfonamides is 1. The van der Waals surface area contributed by atoms with Crippen LogP contribution in [0.3, 0.4) is 0 Å². The van der Waals surface area contributed by atoms with E-state index in [1.165, 1.54) is 25.3 Å². The summed E-state index contributed by atoms with van der Waals surface area (Å²) in [6.45, 7) is 7.08. The predicted octanol–water partition coefficient (Wildman–Crippen LogP) is 2.73. The van der Waals surface area contributed by atoms with Crippen molar-refractivity contribution < 1.29 is 17.9 Å². The summed E-state index contributed by atoms with van der Waals surface area (Å²) in [6.07, 6.45) is 1.59. The maximum Gasteiger partial charge on any atom is 0.256 e. The van der Waals surface area contributed by atoms with Crippen LogP contribution in [0.15, 0.2) is 41.4 Å². The Kier molecular flexibility index (Phi) is 5.68. The Balaban J connectivity index is 2.38. The van der Waals surface area contributed by atoms with Gasteiger partial charge in [-0.3, -0.25) is 4.79 Å². The molecule has 0 aliphatic rings. The van der Waals surface area contributed by atoms with E-state index in [-0.39, 0.29) is 16.2 Å². The monoisotopic (exact) mass is 377 g/mol. The third-order valence-corrected chi connectivity index (χ3v) is 5.09. The fourth-order valence-electron chi connectivity index (χ4n) is 2.28. The minimum atomic E-state index is -3.87. The number of nitrogens with one attached hydrogen (secondary N) is 2. The van der Waals surface area contributed by atoms with Gasteiger partial charge in [-0.05, 0) is 63.6 Å². The normalized spacial score (nSPS) is 11.9. The number of carbonyl (C=O) groups is 1. The van der Waals surface area contributed by atoms with Gasteiger partial charge >= 0.3 is 0 Å². The van der Waals surface area contributed by atoms with E-state index in [1.807, 2.05) is 13.0 Å². The van der Waals surface area contributed by atoms with Crippen LogP contribution in [0.25, 0.3) is 0 Å². The zero-order valence-corrected chi connectivity index (χ0v) is 16.3. The first-order valence-electron chi connectivity index (χ1n) is 7.98. The van der Waals surface area contributed by atoms with Gasteiger partial charge in [0.1, 0.15) is 16.5 Å². The van der Waals surface area contributed by atoms with E-state index in [2.05, 4.69) is 15.0 Å². The number of rotatable bonds is 5. The molecule has 2 rings (SSSR count). The highest BCUT2D eigenvalue weighted by molar-refractivity contribution is 7.89. The maximum absolute atomic E-state index is 12.7. The topological polar surface area (TPSA) is 97.4 Å². The number of anilines is 1. The number of carbonyl (C=O) groups excluding carboxylic acids is 1. The zero-order valence-electron chi connectivity index (χ0n) is 15.5. The van der Waals surface area contributed by atoms with Gasteiger partial charge in [0.2, 0.25) is 10.0 Å². The number of hydrogen-bond donors (Lipinski definition) is 2. The lowest BCUT2D eigenvalue weighted by molar-refractivity contribution is 0.102. The summed E-state index contributed by atoms with van der Waals surface area (Å²) < 4.78 is 33.0. The number of aromatic nitrogens is 1. The molecule has 0 bridgehead atoms. The van der Waals surface area contributed by atoms with Crippen molar-refractivity contribution in [1.82, 2.24) is 9.71 Å². The molecule has 0 radical (unpaired) electrons. The number of methoxy groups -OCH3 is 1. The van der Waals surface area contributed by atoms with Gasteiger partial charge in [-0.15, -0.1) is 0 Å². The van der Waals surface area contributed by atoms with Gasteiger partial charge in [-0.2, -0.15) is 0 Å². The minimum Gasteiger partial charge on any atom is -0.495 e. The second-order valence-corrected chi connectivity index (χ2v) is 8.54. The summed E-state index contributed by atoms with van der Waals surface area (Å²) in [6, 6.07) is 7.78. The van der Waals surface area contributed by atoms with E-state index in [1.54, 1.807) is 33.0 Å². The summed E-state index contributed by atoms with van der Waals surface area (Å²) in [5, 5.41) is 2.66. The Morgan fingerprint density at radius 2 is 1.85 bits per heavy atom. The molecule has 26 heavy (non-hydrogen) atoms. The van der Waals surface area contributed by atoms with Gasteiger partial charge in [0.05, 0.1) is 7.11 Å². The SMILES string of the molecule is COc1ccc(C(=O)Nc2cc(C)ccn2)cc1S(=O)(=O)NC(C)(C)C. The van der Waals surface area contributed by atoms with Crippen LogP contribution < -0.4 is 14.8 Å². The van der Waals surface area contributed by atoms with Gasteiger partial charge in [0.15, 0.2) is 0 Å². The molecule has 2 aromatic rings. The molecule has 0 atom stereocenters. The zero-order chi connectivity index (χ0) is 19.5. The molecule has 0 unspecified atom stereocenters. The van der Waals surface area contributed by atoms with Crippen molar-refractivity contribution in [3.63, 3.8) is 0 Å². The molecule has 0 saturated heterocycles. The van der Waals surface area contributed by atoms with E-state index in [4.69, 9.17) is 4.74 Å². The average molecular weight is 377 g/mol. The lowest BCUT2D eigenvalue weighted by atomic mass is 10.1. The number of benzene rings is 1. The molecule has 2 N–H and O–H groups in total. The summed E-state index contributed by atoms with van der Waals surface area (Å²) in [7, 11) is -2.49. The second-order valence-electron chi connectivity index (χ2n) is 6.89. The highest BCUT2D eigenvalue weighted by Gasteiger charge is 2.26. The lowest BCUT2D eigenvalue weighted by Gasteiger charge is -2.21. The lowest BCUT2D eigenvalue weighted by Crippen LogP contribution is -2.40. The van der Waals surface area contributed by atoms with Crippen molar-refractivity contribution in [3.8, 4) is 5.75 Å². The minimum absolute atomic E-state index is 0.0974. The van der Waals surface area contributed by atoms with E-state index < -0.39 is 21.5 Å². The number of nitrogens with zero attached hydrogens (tertiary/aromatic N) is 1. The van der Waals surface area contributed by atoms with Crippen LogP contribution in [0.4, 0.5) is 5.82 Å². The van der Waals surface area contributed by atoms with Gasteiger partial charge in [0, 0.05) is 17.3 Å². The molecule has 140 valence electrons. The smallest absolute Gasteiger partial charge is 0.256 e. The summed E-state index contributed by atoms with van der Waals surface area (Å²) in [5.74, 6) is 0.0907. The standard InChI is InChI=1S/C18H23N3O4S/c1-12-8-9-19-16(10-12)20-17(22)13-6-7-14(25-5)15(11-13)26(23,24)21-18(2,3)4/h6-11,21H,1-5H3,(H,19,20,22). The first-order chi connectivity index (χ1) is 12.0. The van der Waals surface area contributed by atoms with Crippen LogP contribution in [0.2, 0.25) is 0 Å². The van der Waals surface area contributed by atoms with Crippen LogP contribution in [0.1, 0.15) is 36.7 Å².